The Kier molecular flexibility index (Phi) is 4.73. The van der Waals surface area contributed by atoms with Crippen LogP contribution in [0.25, 0.3) is 10.2 Å². The van der Waals surface area contributed by atoms with Crippen molar-refractivity contribution in [2.75, 3.05) is 12.4 Å². The number of nitrogens with zero attached hydrogens (tertiary/aromatic N) is 1. The minimum absolute atomic E-state index is 0.344. The zero-order valence-corrected chi connectivity index (χ0v) is 14.5. The summed E-state index contributed by atoms with van der Waals surface area (Å²) in [5.74, 6) is 0.802. The lowest BCUT2D eigenvalue weighted by Crippen LogP contribution is -2.11. The van der Waals surface area contributed by atoms with Gasteiger partial charge in [0, 0.05) is 5.69 Å². The number of fused-ring (bicyclic) bond motifs is 1. The molecule has 0 radical (unpaired) electrons. The number of aryl methyl sites for hydroxylation is 1. The molecular weight excluding hydrogens is 328 g/mol. The first-order valence-electron chi connectivity index (χ1n) is 7.08. The van der Waals surface area contributed by atoms with Crippen LogP contribution < -0.4 is 10.1 Å². The molecule has 3 rings (SSSR count). The maximum Gasteiger partial charge on any atom is 0.260 e. The molecule has 4 nitrogen and oxygen atoms in total. The molecule has 0 fully saturated rings. The Hall–Kier alpha value is -2.18. The molecule has 1 N–H and O–H groups in total. The van der Waals surface area contributed by atoms with E-state index in [0.29, 0.717) is 11.8 Å². The summed E-state index contributed by atoms with van der Waals surface area (Å²) < 4.78 is 12.0. The van der Waals surface area contributed by atoms with Crippen molar-refractivity contribution >= 4 is 44.6 Å². The second kappa shape index (κ2) is 6.93. The standard InChI is InChI=1S/C17H16N2O2S2/c1-11-9-12(7-8-13(11)19-17(22)20-2)21-10-16-18-14-5-3-4-6-15(14)23-16/h3-9H,10H2,1-2H3,(H,19,22). The van der Waals surface area contributed by atoms with E-state index in [9.17, 15) is 0 Å². The van der Waals surface area contributed by atoms with Crippen molar-refractivity contribution in [3.05, 3.63) is 53.0 Å². The van der Waals surface area contributed by atoms with Gasteiger partial charge in [0.25, 0.3) is 5.17 Å². The van der Waals surface area contributed by atoms with Crippen molar-refractivity contribution < 1.29 is 9.47 Å². The van der Waals surface area contributed by atoms with Gasteiger partial charge in [-0.3, -0.25) is 0 Å². The summed E-state index contributed by atoms with van der Waals surface area (Å²) in [6.07, 6.45) is 0. The first kappa shape index (κ1) is 15.7. The van der Waals surface area contributed by atoms with Crippen molar-refractivity contribution in [1.82, 2.24) is 4.98 Å². The number of benzene rings is 2. The fourth-order valence-corrected chi connectivity index (χ4v) is 3.14. The molecule has 0 saturated heterocycles. The summed E-state index contributed by atoms with van der Waals surface area (Å²) in [6.45, 7) is 2.45. The lowest BCUT2D eigenvalue weighted by atomic mass is 10.2. The van der Waals surface area contributed by atoms with Gasteiger partial charge >= 0.3 is 0 Å². The van der Waals surface area contributed by atoms with E-state index < -0.39 is 0 Å². The molecule has 1 aromatic heterocycles. The molecule has 0 saturated carbocycles. The van der Waals surface area contributed by atoms with Gasteiger partial charge in [0.2, 0.25) is 0 Å². The Labute approximate surface area is 144 Å². The number of ether oxygens (including phenoxy) is 2. The van der Waals surface area contributed by atoms with Crippen molar-refractivity contribution in [1.29, 1.82) is 0 Å². The van der Waals surface area contributed by atoms with E-state index >= 15 is 0 Å². The number of anilines is 1. The quantitative estimate of drug-likeness (QED) is 0.705. The van der Waals surface area contributed by atoms with Gasteiger partial charge in [-0.25, -0.2) is 4.98 Å². The van der Waals surface area contributed by atoms with Crippen LogP contribution in [0.3, 0.4) is 0 Å². The fraction of sp³-hybridized carbons (Fsp3) is 0.176. The third-order valence-electron chi connectivity index (χ3n) is 3.32. The second-order valence-corrected chi connectivity index (χ2v) is 6.44. The van der Waals surface area contributed by atoms with Gasteiger partial charge in [-0.15, -0.1) is 11.3 Å². The van der Waals surface area contributed by atoms with Crippen LogP contribution in [0, 0.1) is 6.92 Å². The smallest absolute Gasteiger partial charge is 0.260 e. The highest BCUT2D eigenvalue weighted by atomic mass is 32.1. The van der Waals surface area contributed by atoms with Gasteiger partial charge in [-0.2, -0.15) is 0 Å². The van der Waals surface area contributed by atoms with Crippen molar-refractivity contribution in [3.63, 3.8) is 0 Å². The van der Waals surface area contributed by atoms with Crippen LogP contribution >= 0.6 is 23.6 Å². The third-order valence-corrected chi connectivity index (χ3v) is 4.60. The second-order valence-electron chi connectivity index (χ2n) is 4.96. The molecular formula is C17H16N2O2S2. The van der Waals surface area contributed by atoms with Crippen LogP contribution in [0.15, 0.2) is 42.5 Å². The normalized spacial score (nSPS) is 10.5. The zero-order valence-electron chi connectivity index (χ0n) is 12.8. The Morgan fingerprint density at radius 2 is 2.09 bits per heavy atom. The Balaban J connectivity index is 1.68. The molecule has 118 valence electrons. The maximum absolute atomic E-state index is 5.84. The molecule has 0 unspecified atom stereocenters. The molecule has 23 heavy (non-hydrogen) atoms. The number of aromatic nitrogens is 1. The number of methoxy groups -OCH3 is 1. The average Bonchev–Trinajstić information content (AvgIpc) is 2.98. The monoisotopic (exact) mass is 344 g/mol. The van der Waals surface area contributed by atoms with E-state index in [1.165, 1.54) is 4.70 Å². The number of para-hydroxylation sites is 1. The van der Waals surface area contributed by atoms with Gasteiger partial charge in [-0.1, -0.05) is 12.1 Å². The van der Waals surface area contributed by atoms with E-state index in [2.05, 4.69) is 16.4 Å². The molecule has 1 heterocycles. The largest absolute Gasteiger partial charge is 0.486 e. The van der Waals surface area contributed by atoms with Gasteiger partial charge in [0.1, 0.15) is 17.4 Å². The summed E-state index contributed by atoms with van der Waals surface area (Å²) in [5.41, 5.74) is 2.95. The van der Waals surface area contributed by atoms with E-state index in [4.69, 9.17) is 21.7 Å². The van der Waals surface area contributed by atoms with Crippen molar-refractivity contribution in [2.45, 2.75) is 13.5 Å². The maximum atomic E-state index is 5.84. The number of thiocarbonyl (C=S) groups is 1. The molecule has 0 bridgehead atoms. The predicted molar refractivity (Wildman–Crippen MR) is 98.4 cm³/mol. The van der Waals surface area contributed by atoms with Crippen LogP contribution in [-0.2, 0) is 11.3 Å². The van der Waals surface area contributed by atoms with Crippen LogP contribution in [-0.4, -0.2) is 17.3 Å². The summed E-state index contributed by atoms with van der Waals surface area (Å²) in [4.78, 5) is 4.57. The highest BCUT2D eigenvalue weighted by Gasteiger charge is 2.06. The van der Waals surface area contributed by atoms with Crippen molar-refractivity contribution in [3.8, 4) is 5.75 Å². The molecule has 2 aromatic carbocycles. The topological polar surface area (TPSA) is 43.4 Å². The SMILES string of the molecule is COC(=S)Nc1ccc(OCc2nc3ccccc3s2)cc1C. The highest BCUT2D eigenvalue weighted by molar-refractivity contribution is 7.80. The fourth-order valence-electron chi connectivity index (χ4n) is 2.15. The summed E-state index contributed by atoms with van der Waals surface area (Å²) in [7, 11) is 1.54. The molecule has 0 aliphatic carbocycles. The van der Waals surface area contributed by atoms with Gasteiger partial charge in [-0.05, 0) is 55.0 Å². The number of rotatable bonds is 4. The van der Waals surface area contributed by atoms with E-state index in [-0.39, 0.29) is 0 Å². The Bertz CT molecular complexity index is 812. The zero-order chi connectivity index (χ0) is 16.2. The predicted octanol–water partition coefficient (Wildman–Crippen LogP) is 4.53. The van der Waals surface area contributed by atoms with Crippen molar-refractivity contribution in [2.24, 2.45) is 0 Å². The minimum Gasteiger partial charge on any atom is -0.486 e. The lowest BCUT2D eigenvalue weighted by Gasteiger charge is -2.11. The first-order valence-corrected chi connectivity index (χ1v) is 8.31. The highest BCUT2D eigenvalue weighted by Crippen LogP contribution is 2.25. The third kappa shape index (κ3) is 3.78. The number of hydrogen-bond acceptors (Lipinski definition) is 5. The van der Waals surface area contributed by atoms with Crippen LogP contribution in [0.4, 0.5) is 5.69 Å². The Morgan fingerprint density at radius 3 is 2.83 bits per heavy atom. The molecule has 0 aliphatic rings. The lowest BCUT2D eigenvalue weighted by molar-refractivity contribution is 0.305. The van der Waals surface area contributed by atoms with Crippen LogP contribution in [0.1, 0.15) is 10.6 Å². The minimum atomic E-state index is 0.344. The first-order chi connectivity index (χ1) is 11.2. The summed E-state index contributed by atoms with van der Waals surface area (Å²) in [5, 5.41) is 4.33. The average molecular weight is 344 g/mol. The molecule has 0 atom stereocenters. The van der Waals surface area contributed by atoms with Crippen LogP contribution in [0.2, 0.25) is 0 Å². The number of nitrogens with one attached hydrogen (secondary N) is 1. The summed E-state index contributed by atoms with van der Waals surface area (Å²) >= 11 is 6.66. The molecule has 3 aromatic rings. The van der Waals surface area contributed by atoms with Gasteiger partial charge < -0.3 is 14.8 Å². The number of thiazole rings is 1. The molecule has 0 spiro atoms. The molecule has 0 aliphatic heterocycles. The van der Waals surface area contributed by atoms with Crippen LogP contribution in [0.5, 0.6) is 5.75 Å². The Morgan fingerprint density at radius 1 is 1.26 bits per heavy atom. The molecule has 6 heteroatoms. The van der Waals surface area contributed by atoms with Gasteiger partial charge in [0.05, 0.1) is 17.3 Å². The van der Waals surface area contributed by atoms with Gasteiger partial charge in [0.15, 0.2) is 0 Å². The molecule has 0 amide bonds. The summed E-state index contributed by atoms with van der Waals surface area (Å²) in [6, 6.07) is 13.9. The van der Waals surface area contributed by atoms with E-state index in [1.54, 1.807) is 18.4 Å². The number of hydrogen-bond donors (Lipinski definition) is 1. The van der Waals surface area contributed by atoms with E-state index in [0.717, 1.165) is 27.5 Å². The van der Waals surface area contributed by atoms with E-state index in [1.807, 2.05) is 43.3 Å².